The summed E-state index contributed by atoms with van der Waals surface area (Å²) in [5.41, 5.74) is -1.08. The minimum atomic E-state index is -4.32. The molecule has 140 valence electrons. The molecule has 3 rings (SSSR count). The van der Waals surface area contributed by atoms with Crippen LogP contribution in [0.5, 0.6) is 0 Å². The lowest BCUT2D eigenvalue weighted by molar-refractivity contribution is 0.450. The number of rotatable bonds is 5. The molecule has 0 heterocycles. The van der Waals surface area contributed by atoms with Crippen molar-refractivity contribution in [1.29, 1.82) is 0 Å². The van der Waals surface area contributed by atoms with Gasteiger partial charge in [0.05, 0.1) is 9.79 Å². The lowest BCUT2D eigenvalue weighted by Gasteiger charge is -2.16. The van der Waals surface area contributed by atoms with E-state index in [-0.39, 0.29) is 15.4 Å². The SMILES string of the molecule is Cc1ccc(C(F)S(=O)(=NS(=O)(=O)c2ccccc2)c2ccccc2)cc1. The molecule has 0 radical (unpaired) electrons. The van der Waals surface area contributed by atoms with E-state index in [2.05, 4.69) is 3.77 Å². The second kappa shape index (κ2) is 7.62. The fraction of sp³-hybridized carbons (Fsp3) is 0.100. The maximum atomic E-state index is 15.4. The van der Waals surface area contributed by atoms with Crippen LogP contribution in [0.15, 0.2) is 98.5 Å². The molecule has 3 aromatic carbocycles. The van der Waals surface area contributed by atoms with Crippen LogP contribution in [0.2, 0.25) is 0 Å². The molecule has 27 heavy (non-hydrogen) atoms. The van der Waals surface area contributed by atoms with Crippen LogP contribution in [0.1, 0.15) is 16.6 Å². The highest BCUT2D eigenvalue weighted by Gasteiger charge is 2.30. The molecule has 2 atom stereocenters. The summed E-state index contributed by atoms with van der Waals surface area (Å²) in [5.74, 6) is 0. The predicted octanol–water partition coefficient (Wildman–Crippen LogP) is 4.88. The van der Waals surface area contributed by atoms with Gasteiger partial charge in [0.1, 0.15) is 9.73 Å². The second-order valence-corrected chi connectivity index (χ2v) is 10.0. The number of aryl methyl sites for hydroxylation is 1. The van der Waals surface area contributed by atoms with Gasteiger partial charge in [-0.25, -0.2) is 8.60 Å². The highest BCUT2D eigenvalue weighted by Crippen LogP contribution is 2.34. The first-order chi connectivity index (χ1) is 12.8. The van der Waals surface area contributed by atoms with E-state index in [9.17, 15) is 12.6 Å². The molecule has 0 amide bonds. The normalized spacial score (nSPS) is 14.9. The van der Waals surface area contributed by atoms with E-state index in [1.54, 1.807) is 36.4 Å². The van der Waals surface area contributed by atoms with Crippen LogP contribution in [-0.4, -0.2) is 12.6 Å². The smallest absolute Gasteiger partial charge is 0.240 e. The molecule has 0 bridgehead atoms. The molecule has 0 aromatic heterocycles. The predicted molar refractivity (Wildman–Crippen MR) is 104 cm³/mol. The fourth-order valence-electron chi connectivity index (χ4n) is 2.50. The van der Waals surface area contributed by atoms with Gasteiger partial charge in [-0.05, 0) is 31.2 Å². The van der Waals surface area contributed by atoms with Crippen molar-refractivity contribution in [2.75, 3.05) is 0 Å². The van der Waals surface area contributed by atoms with E-state index >= 15 is 4.39 Å². The summed E-state index contributed by atoms with van der Waals surface area (Å²) in [6, 6.07) is 21.4. The van der Waals surface area contributed by atoms with Crippen molar-refractivity contribution in [2.24, 2.45) is 3.77 Å². The number of benzene rings is 3. The number of halogens is 1. The quantitative estimate of drug-likeness (QED) is 0.610. The van der Waals surface area contributed by atoms with Gasteiger partial charge in [0, 0.05) is 5.56 Å². The van der Waals surface area contributed by atoms with Crippen LogP contribution >= 0.6 is 0 Å². The van der Waals surface area contributed by atoms with Gasteiger partial charge in [0.25, 0.3) is 10.0 Å². The van der Waals surface area contributed by atoms with Gasteiger partial charge in [0.2, 0.25) is 5.50 Å². The third kappa shape index (κ3) is 4.09. The molecule has 0 aliphatic rings. The number of nitrogens with zero attached hydrogens (tertiary/aromatic N) is 1. The van der Waals surface area contributed by atoms with Crippen LogP contribution in [0, 0.1) is 6.92 Å². The Morgan fingerprint density at radius 1 is 0.741 bits per heavy atom. The molecule has 4 nitrogen and oxygen atoms in total. The third-order valence-electron chi connectivity index (χ3n) is 3.95. The largest absolute Gasteiger partial charge is 0.290 e. The Kier molecular flexibility index (Phi) is 5.43. The van der Waals surface area contributed by atoms with E-state index in [1.807, 2.05) is 6.92 Å². The zero-order valence-electron chi connectivity index (χ0n) is 14.5. The molecule has 0 aliphatic carbocycles. The molecule has 0 spiro atoms. The van der Waals surface area contributed by atoms with Crippen LogP contribution in [0.4, 0.5) is 4.39 Å². The lowest BCUT2D eigenvalue weighted by Crippen LogP contribution is -2.13. The van der Waals surface area contributed by atoms with Gasteiger partial charge in [-0.2, -0.15) is 8.42 Å². The zero-order valence-corrected chi connectivity index (χ0v) is 16.2. The maximum Gasteiger partial charge on any atom is 0.290 e. The number of hydrogen-bond donors (Lipinski definition) is 0. The van der Waals surface area contributed by atoms with Crippen molar-refractivity contribution in [2.45, 2.75) is 22.2 Å². The highest BCUT2D eigenvalue weighted by molar-refractivity contribution is 8.03. The van der Waals surface area contributed by atoms with Crippen LogP contribution in [0.3, 0.4) is 0 Å². The summed E-state index contributed by atoms with van der Waals surface area (Å²) >= 11 is 0. The van der Waals surface area contributed by atoms with Gasteiger partial charge in [0.15, 0.2) is 0 Å². The standard InChI is InChI=1S/C20H18FNO3S2/c1-16-12-14-17(15-13-16)20(21)26(23,18-8-4-2-5-9-18)22-27(24,25)19-10-6-3-7-11-19/h2-15,20H,1H3. The van der Waals surface area contributed by atoms with Crippen molar-refractivity contribution in [3.63, 3.8) is 0 Å². The minimum Gasteiger partial charge on any atom is -0.240 e. The summed E-state index contributed by atoms with van der Waals surface area (Å²) in [7, 11) is -8.27. The van der Waals surface area contributed by atoms with Gasteiger partial charge < -0.3 is 0 Å². The number of alkyl halides is 1. The first kappa shape index (κ1) is 19.3. The topological polar surface area (TPSA) is 63.6 Å². The summed E-state index contributed by atoms with van der Waals surface area (Å²) in [5, 5.41) is 0. The van der Waals surface area contributed by atoms with E-state index in [4.69, 9.17) is 0 Å². The fourth-order valence-corrected chi connectivity index (χ4v) is 6.47. The van der Waals surface area contributed by atoms with E-state index in [1.165, 1.54) is 48.5 Å². The van der Waals surface area contributed by atoms with Crippen LogP contribution in [0.25, 0.3) is 0 Å². The molecule has 0 N–H and O–H groups in total. The van der Waals surface area contributed by atoms with Crippen molar-refractivity contribution >= 4 is 19.8 Å². The van der Waals surface area contributed by atoms with Crippen molar-refractivity contribution in [1.82, 2.24) is 0 Å². The van der Waals surface area contributed by atoms with Gasteiger partial charge in [-0.3, -0.25) is 0 Å². The summed E-state index contributed by atoms with van der Waals surface area (Å²) in [4.78, 5) is -0.109. The van der Waals surface area contributed by atoms with Crippen molar-refractivity contribution in [3.8, 4) is 0 Å². The highest BCUT2D eigenvalue weighted by atomic mass is 32.3. The first-order valence-electron chi connectivity index (χ1n) is 8.16. The lowest BCUT2D eigenvalue weighted by atomic mass is 10.2. The summed E-state index contributed by atoms with van der Waals surface area (Å²) < 4.78 is 58.1. The first-order valence-corrected chi connectivity index (χ1v) is 11.2. The van der Waals surface area contributed by atoms with E-state index in [0.29, 0.717) is 0 Å². The molecule has 7 heteroatoms. The monoisotopic (exact) mass is 403 g/mol. The second-order valence-electron chi connectivity index (χ2n) is 5.97. The number of sulfonamides is 1. The van der Waals surface area contributed by atoms with Crippen LogP contribution in [-0.2, 0) is 19.8 Å². The molecular weight excluding hydrogens is 385 g/mol. The average molecular weight is 404 g/mol. The molecule has 0 saturated heterocycles. The molecule has 0 aliphatic heterocycles. The number of hydrogen-bond acceptors (Lipinski definition) is 3. The zero-order chi connectivity index (χ0) is 19.5. The Bertz CT molecular complexity index is 1140. The molecule has 0 fully saturated rings. The molecule has 3 aromatic rings. The third-order valence-corrected chi connectivity index (χ3v) is 8.27. The molecule has 2 unspecified atom stereocenters. The molecule has 0 saturated carbocycles. The van der Waals surface area contributed by atoms with E-state index in [0.717, 1.165) is 5.56 Å². The van der Waals surface area contributed by atoms with Gasteiger partial charge in [-0.1, -0.05) is 70.0 Å². The Labute approximate surface area is 158 Å². The minimum absolute atomic E-state index is 0.0255. The van der Waals surface area contributed by atoms with Gasteiger partial charge in [-0.15, -0.1) is 0 Å². The summed E-state index contributed by atoms with van der Waals surface area (Å²) in [6.45, 7) is 1.84. The van der Waals surface area contributed by atoms with Crippen LogP contribution < -0.4 is 0 Å². The van der Waals surface area contributed by atoms with E-state index < -0.39 is 25.3 Å². The Hall–Kier alpha value is -2.51. The Morgan fingerprint density at radius 2 is 1.22 bits per heavy atom. The Morgan fingerprint density at radius 3 is 1.74 bits per heavy atom. The molecular formula is C20H18FNO3S2. The van der Waals surface area contributed by atoms with Gasteiger partial charge >= 0.3 is 0 Å². The average Bonchev–Trinajstić information content (AvgIpc) is 2.69. The summed E-state index contributed by atoms with van der Waals surface area (Å²) in [6.07, 6.45) is 0. The van der Waals surface area contributed by atoms with Crippen molar-refractivity contribution < 1.29 is 17.0 Å². The Balaban J connectivity index is 2.23. The van der Waals surface area contributed by atoms with Crippen molar-refractivity contribution in [3.05, 3.63) is 96.1 Å². The maximum absolute atomic E-state index is 15.4.